The van der Waals surface area contributed by atoms with E-state index in [1.54, 1.807) is 0 Å². The first-order chi connectivity index (χ1) is 11.9. The Labute approximate surface area is 152 Å². The number of aromatic nitrogens is 1. The van der Waals surface area contributed by atoms with Crippen LogP contribution in [0.3, 0.4) is 0 Å². The maximum atomic E-state index is 13.0. The maximum absolute atomic E-state index is 13.0. The van der Waals surface area contributed by atoms with Crippen LogP contribution in [-0.4, -0.2) is 21.7 Å². The summed E-state index contributed by atoms with van der Waals surface area (Å²) in [4.78, 5) is 0.867. The molecule has 0 aliphatic heterocycles. The smallest absolute Gasteiger partial charge is 0.578 e. The highest BCUT2D eigenvalue weighted by Crippen LogP contribution is 2.41. The molecule has 0 radical (unpaired) electrons. The molecule has 2 rings (SSSR count). The van der Waals surface area contributed by atoms with E-state index in [4.69, 9.17) is 16.3 Å². The van der Waals surface area contributed by atoms with Crippen molar-refractivity contribution in [2.75, 3.05) is 6.61 Å². The van der Waals surface area contributed by atoms with Crippen molar-refractivity contribution in [2.45, 2.75) is 29.6 Å². The Morgan fingerprint density at radius 2 is 1.73 bits per heavy atom. The van der Waals surface area contributed by atoms with Crippen LogP contribution in [0.1, 0.15) is 30.0 Å². The van der Waals surface area contributed by atoms with Gasteiger partial charge in [0.2, 0.25) is 0 Å². The number of benzene rings is 1. The largest absolute Gasteiger partial charge is 0.604 e. The zero-order valence-corrected chi connectivity index (χ0v) is 14.6. The maximum Gasteiger partial charge on any atom is 0.578 e. The van der Waals surface area contributed by atoms with E-state index in [1.807, 2.05) is 4.98 Å². The van der Waals surface area contributed by atoms with Gasteiger partial charge in [-0.2, -0.15) is 13.2 Å². The van der Waals surface area contributed by atoms with E-state index < -0.39 is 45.2 Å². The van der Waals surface area contributed by atoms with Gasteiger partial charge in [-0.05, 0) is 24.6 Å². The second kappa shape index (κ2) is 7.71. The Bertz CT molecular complexity index is 744. The van der Waals surface area contributed by atoms with Crippen molar-refractivity contribution < 1.29 is 35.6 Å². The quantitative estimate of drug-likeness (QED) is 0.518. The summed E-state index contributed by atoms with van der Waals surface area (Å²) in [6.45, 7) is 1.52. The van der Waals surface area contributed by atoms with Crippen LogP contribution < -0.4 is 0 Å². The van der Waals surface area contributed by atoms with E-state index in [0.29, 0.717) is 5.02 Å². The molecule has 1 aromatic carbocycles. The Morgan fingerprint density at radius 1 is 1.15 bits per heavy atom. The molecule has 2 unspecified atom stereocenters. The number of rotatable bonds is 5. The molecule has 0 aliphatic rings. The van der Waals surface area contributed by atoms with E-state index in [2.05, 4.69) is 0 Å². The van der Waals surface area contributed by atoms with E-state index in [-0.39, 0.29) is 18.2 Å². The van der Waals surface area contributed by atoms with Gasteiger partial charge in [-0.15, -0.1) is 13.2 Å². The Kier molecular flexibility index (Phi) is 6.21. The molecule has 0 bridgehead atoms. The molecule has 11 heteroatoms. The van der Waals surface area contributed by atoms with Crippen molar-refractivity contribution in [3.8, 4) is 0 Å². The molecule has 1 N–H and O–H groups in total. The van der Waals surface area contributed by atoms with Gasteiger partial charge >= 0.3 is 11.7 Å². The zero-order chi connectivity index (χ0) is 19.7. The van der Waals surface area contributed by atoms with Gasteiger partial charge in [-0.1, -0.05) is 23.7 Å². The molecule has 26 heavy (non-hydrogen) atoms. The molecule has 2 aromatic rings. The Morgan fingerprint density at radius 3 is 2.19 bits per heavy atom. The second-order valence-corrected chi connectivity index (χ2v) is 6.94. The fraction of sp³-hybridized carbons (Fsp3) is 0.333. The van der Waals surface area contributed by atoms with Crippen LogP contribution >= 0.6 is 11.6 Å². The molecule has 0 amide bonds. The normalized spacial score (nSPS) is 15.1. The predicted octanol–water partition coefficient (Wildman–Crippen LogP) is 5.44. The number of H-pyrrole nitrogens is 1. The van der Waals surface area contributed by atoms with Gasteiger partial charge in [0.15, 0.2) is 4.90 Å². The number of nitrogens with one attached hydrogen (secondary N) is 1. The summed E-state index contributed by atoms with van der Waals surface area (Å²) < 4.78 is 94.6. The average molecular weight is 420 g/mol. The van der Waals surface area contributed by atoms with Gasteiger partial charge in [0.05, 0.1) is 0 Å². The third-order valence-corrected chi connectivity index (χ3v) is 4.70. The van der Waals surface area contributed by atoms with E-state index in [9.17, 15) is 30.9 Å². The Balaban J connectivity index is 2.62. The highest BCUT2D eigenvalue weighted by Gasteiger charge is 2.50. The lowest BCUT2D eigenvalue weighted by Crippen LogP contribution is -2.25. The van der Waals surface area contributed by atoms with Crippen molar-refractivity contribution in [3.63, 3.8) is 0 Å². The number of halogens is 7. The summed E-state index contributed by atoms with van der Waals surface area (Å²) in [7, 11) is 0. The molecule has 0 aliphatic carbocycles. The number of aromatic amines is 1. The standard InChI is InChI=1S/C15H12ClF6NO2S/c1-2-25-13(8-3-5-9(16)6-4-8)12-10(26(24)15(20,21)22)7-11(23-12)14(17,18)19/h3-7,13,23H,2H2,1H3. The van der Waals surface area contributed by atoms with Crippen LogP contribution in [0.2, 0.25) is 5.02 Å². The van der Waals surface area contributed by atoms with Crippen LogP contribution in [-0.2, 0) is 22.1 Å². The third kappa shape index (κ3) is 4.67. The fourth-order valence-electron chi connectivity index (χ4n) is 2.23. The lowest BCUT2D eigenvalue weighted by atomic mass is 10.1. The minimum atomic E-state index is -5.23. The molecule has 0 saturated heterocycles. The third-order valence-electron chi connectivity index (χ3n) is 3.29. The van der Waals surface area contributed by atoms with Gasteiger partial charge in [-0.25, -0.2) is 0 Å². The average Bonchev–Trinajstić information content (AvgIpc) is 2.97. The molecule has 0 saturated carbocycles. The van der Waals surface area contributed by atoms with Crippen molar-refractivity contribution >= 4 is 22.8 Å². The summed E-state index contributed by atoms with van der Waals surface area (Å²) in [6, 6.07) is 5.82. The number of ether oxygens (including phenoxy) is 1. The SMILES string of the molecule is CCOC(c1ccc(Cl)cc1)c1[nH]c(C(F)(F)F)cc1[S+]([O-])C(F)(F)F. The van der Waals surface area contributed by atoms with Gasteiger partial charge < -0.3 is 14.3 Å². The predicted molar refractivity (Wildman–Crippen MR) is 83.2 cm³/mol. The molecular formula is C15H12ClF6NO2S. The molecule has 1 heterocycles. The molecule has 1 aromatic heterocycles. The zero-order valence-electron chi connectivity index (χ0n) is 13.0. The summed E-state index contributed by atoms with van der Waals surface area (Å²) in [5.74, 6) is 0. The summed E-state index contributed by atoms with van der Waals surface area (Å²) >= 11 is 2.08. The van der Waals surface area contributed by atoms with Crippen molar-refractivity contribution in [2.24, 2.45) is 0 Å². The lowest BCUT2D eigenvalue weighted by Gasteiger charge is -2.19. The van der Waals surface area contributed by atoms with Crippen LogP contribution in [0.5, 0.6) is 0 Å². The first kappa shape index (κ1) is 20.9. The van der Waals surface area contributed by atoms with Gasteiger partial charge in [0, 0.05) is 17.7 Å². The molecular weight excluding hydrogens is 408 g/mol. The number of hydrogen-bond acceptors (Lipinski definition) is 2. The second-order valence-electron chi connectivity index (χ2n) is 5.06. The molecule has 0 fully saturated rings. The first-order valence-electron chi connectivity index (χ1n) is 7.11. The molecule has 3 nitrogen and oxygen atoms in total. The summed E-state index contributed by atoms with van der Waals surface area (Å²) in [5, 5.41) is 0.325. The monoisotopic (exact) mass is 419 g/mol. The highest BCUT2D eigenvalue weighted by atomic mass is 35.5. The van der Waals surface area contributed by atoms with Gasteiger partial charge in [0.1, 0.15) is 28.7 Å². The van der Waals surface area contributed by atoms with E-state index >= 15 is 0 Å². The summed E-state index contributed by atoms with van der Waals surface area (Å²) in [5.41, 5.74) is -6.99. The number of alkyl halides is 6. The van der Waals surface area contributed by atoms with Crippen molar-refractivity contribution in [3.05, 3.63) is 52.3 Å². The Hall–Kier alpha value is -1.36. The molecule has 0 spiro atoms. The molecule has 2 atom stereocenters. The minimum absolute atomic E-state index is 0.00818. The topological polar surface area (TPSA) is 48.1 Å². The van der Waals surface area contributed by atoms with Gasteiger partial charge in [0.25, 0.3) is 0 Å². The van der Waals surface area contributed by atoms with Crippen molar-refractivity contribution in [1.29, 1.82) is 0 Å². The van der Waals surface area contributed by atoms with Crippen LogP contribution in [0.15, 0.2) is 35.2 Å². The summed E-state index contributed by atoms with van der Waals surface area (Å²) in [6.07, 6.45) is -6.26. The highest BCUT2D eigenvalue weighted by molar-refractivity contribution is 7.92. The van der Waals surface area contributed by atoms with E-state index in [1.165, 1.54) is 31.2 Å². The van der Waals surface area contributed by atoms with Crippen molar-refractivity contribution in [1.82, 2.24) is 4.98 Å². The molecule has 144 valence electrons. The van der Waals surface area contributed by atoms with Gasteiger partial charge in [-0.3, -0.25) is 0 Å². The minimum Gasteiger partial charge on any atom is -0.604 e. The van der Waals surface area contributed by atoms with Crippen LogP contribution in [0.4, 0.5) is 26.3 Å². The number of hydrogen-bond donors (Lipinski definition) is 1. The fourth-order valence-corrected chi connectivity index (χ4v) is 3.19. The lowest BCUT2D eigenvalue weighted by molar-refractivity contribution is -0.141. The van der Waals surface area contributed by atoms with Crippen LogP contribution in [0.25, 0.3) is 0 Å². The van der Waals surface area contributed by atoms with Crippen LogP contribution in [0, 0.1) is 0 Å². The van der Waals surface area contributed by atoms with E-state index in [0.717, 1.165) is 0 Å². The first-order valence-corrected chi connectivity index (χ1v) is 8.63.